The molecule has 160 valence electrons. The highest BCUT2D eigenvalue weighted by atomic mass is 19.1. The largest absolute Gasteiger partial charge is 0.506 e. The van der Waals surface area contributed by atoms with Crippen molar-refractivity contribution in [2.45, 2.75) is 52.2 Å². The molecule has 30 heavy (non-hydrogen) atoms. The number of ether oxygens (including phenoxy) is 1. The third kappa shape index (κ3) is 3.69. The van der Waals surface area contributed by atoms with Crippen LogP contribution >= 0.6 is 0 Å². The summed E-state index contributed by atoms with van der Waals surface area (Å²) in [5.74, 6) is -0.793. The Balaban J connectivity index is 1.51. The van der Waals surface area contributed by atoms with Crippen LogP contribution in [0.3, 0.4) is 0 Å². The molecule has 1 saturated heterocycles. The molecule has 3 aromatic heterocycles. The number of carbonyl (C=O) groups excluding carboxylic acids is 1. The Kier molecular flexibility index (Phi) is 4.87. The summed E-state index contributed by atoms with van der Waals surface area (Å²) in [6.45, 7) is 8.61. The van der Waals surface area contributed by atoms with Crippen LogP contribution in [0.1, 0.15) is 45.3 Å². The van der Waals surface area contributed by atoms with Crippen molar-refractivity contribution in [3.8, 4) is 17.0 Å². The minimum Gasteiger partial charge on any atom is -0.506 e. The van der Waals surface area contributed by atoms with Crippen molar-refractivity contribution in [3.05, 3.63) is 30.0 Å². The first-order valence-electron chi connectivity index (χ1n) is 9.90. The van der Waals surface area contributed by atoms with Gasteiger partial charge in [0.15, 0.2) is 5.82 Å². The van der Waals surface area contributed by atoms with E-state index in [9.17, 15) is 14.3 Å². The van der Waals surface area contributed by atoms with Crippen LogP contribution in [0.4, 0.5) is 9.18 Å². The van der Waals surface area contributed by atoms with Crippen LogP contribution in [0.15, 0.2) is 18.5 Å². The number of pyridine rings is 1. The van der Waals surface area contributed by atoms with Crippen LogP contribution < -0.4 is 0 Å². The zero-order chi connectivity index (χ0) is 21.6. The predicted octanol–water partition coefficient (Wildman–Crippen LogP) is 3.32. The fourth-order valence-corrected chi connectivity index (χ4v) is 3.77. The lowest BCUT2D eigenvalue weighted by molar-refractivity contribution is 0.0184. The zero-order valence-electron chi connectivity index (χ0n) is 17.5. The van der Waals surface area contributed by atoms with Gasteiger partial charge in [0.25, 0.3) is 0 Å². The molecule has 10 heteroatoms. The van der Waals surface area contributed by atoms with Crippen LogP contribution in [0.2, 0.25) is 0 Å². The second-order valence-electron chi connectivity index (χ2n) is 8.57. The number of carbonyl (C=O) groups is 1. The number of aromatic hydroxyl groups is 1. The van der Waals surface area contributed by atoms with Gasteiger partial charge in [-0.15, -0.1) is 5.10 Å². The van der Waals surface area contributed by atoms with Crippen molar-refractivity contribution in [1.82, 2.24) is 29.5 Å². The van der Waals surface area contributed by atoms with Crippen LogP contribution in [0, 0.1) is 12.7 Å². The summed E-state index contributed by atoms with van der Waals surface area (Å²) in [5, 5.41) is 22.7. The molecule has 0 aliphatic carbocycles. The van der Waals surface area contributed by atoms with E-state index < -0.39 is 11.4 Å². The van der Waals surface area contributed by atoms with Crippen molar-refractivity contribution in [2.75, 3.05) is 13.1 Å². The van der Waals surface area contributed by atoms with Crippen molar-refractivity contribution < 1.29 is 19.0 Å². The molecule has 0 bridgehead atoms. The molecular formula is C20H25FN6O3. The molecular weight excluding hydrogens is 391 g/mol. The van der Waals surface area contributed by atoms with Crippen molar-refractivity contribution in [1.29, 1.82) is 0 Å². The zero-order valence-corrected chi connectivity index (χ0v) is 17.5. The number of rotatable bonds is 2. The van der Waals surface area contributed by atoms with Gasteiger partial charge in [-0.05, 0) is 46.6 Å². The second-order valence-corrected chi connectivity index (χ2v) is 8.57. The van der Waals surface area contributed by atoms with Crippen molar-refractivity contribution >= 4 is 11.6 Å². The topological polar surface area (TPSA) is 97.8 Å². The molecule has 1 aliphatic rings. The third-order valence-electron chi connectivity index (χ3n) is 5.21. The van der Waals surface area contributed by atoms with Gasteiger partial charge in [-0.3, -0.25) is 0 Å². The summed E-state index contributed by atoms with van der Waals surface area (Å²) < 4.78 is 22.3. The molecule has 1 fully saturated rings. The molecule has 0 aromatic carbocycles. The normalized spacial score (nSPS) is 15.7. The molecule has 1 amide bonds. The number of hydrogen-bond donors (Lipinski definition) is 1. The maximum Gasteiger partial charge on any atom is 0.410 e. The second kappa shape index (κ2) is 7.26. The SMILES string of the molecule is Cc1c(-c2cc(O)c3c(F)cnn3c2)nnn1C1CCN(C(=O)OC(C)(C)C)CC1. The van der Waals surface area contributed by atoms with Gasteiger partial charge < -0.3 is 14.7 Å². The molecule has 0 saturated carbocycles. The van der Waals surface area contributed by atoms with Gasteiger partial charge in [0.2, 0.25) is 0 Å². The average molecular weight is 416 g/mol. The van der Waals surface area contributed by atoms with Crippen molar-refractivity contribution in [3.63, 3.8) is 0 Å². The smallest absolute Gasteiger partial charge is 0.410 e. The Morgan fingerprint density at radius 1 is 1.30 bits per heavy atom. The van der Waals surface area contributed by atoms with E-state index >= 15 is 0 Å². The van der Waals surface area contributed by atoms with Gasteiger partial charge in [0, 0.05) is 24.8 Å². The van der Waals surface area contributed by atoms with E-state index in [1.54, 1.807) is 11.1 Å². The number of halogens is 1. The minimum absolute atomic E-state index is 0.0262. The van der Waals surface area contributed by atoms with E-state index in [0.29, 0.717) is 24.3 Å². The molecule has 3 aromatic rings. The number of nitrogens with zero attached hydrogens (tertiary/aromatic N) is 6. The molecule has 4 rings (SSSR count). The van der Waals surface area contributed by atoms with E-state index in [0.717, 1.165) is 24.7 Å². The molecule has 1 N–H and O–H groups in total. The van der Waals surface area contributed by atoms with Gasteiger partial charge >= 0.3 is 6.09 Å². The number of aromatic nitrogens is 5. The summed E-state index contributed by atoms with van der Waals surface area (Å²) in [6.07, 6.45) is 3.84. The summed E-state index contributed by atoms with van der Waals surface area (Å²) >= 11 is 0. The Morgan fingerprint density at radius 2 is 2.00 bits per heavy atom. The maximum atomic E-state index is 13.7. The Morgan fingerprint density at radius 3 is 2.67 bits per heavy atom. The number of likely N-dealkylation sites (tertiary alicyclic amines) is 1. The Hall–Kier alpha value is -3.17. The molecule has 9 nitrogen and oxygen atoms in total. The molecule has 0 radical (unpaired) electrons. The average Bonchev–Trinajstić information content (AvgIpc) is 3.23. The standard InChI is InChI=1S/C20H25FN6O3/c1-12-17(13-9-16(28)18-15(21)10-22-26(18)11-13)23-24-27(12)14-5-7-25(8-6-14)19(29)30-20(2,3)4/h9-11,14,28H,5-8H2,1-4H3. The first kappa shape index (κ1) is 20.1. The highest BCUT2D eigenvalue weighted by molar-refractivity contribution is 5.70. The molecule has 1 aliphatic heterocycles. The van der Waals surface area contributed by atoms with E-state index in [1.807, 2.05) is 32.4 Å². The fraction of sp³-hybridized carbons (Fsp3) is 0.500. The summed E-state index contributed by atoms with van der Waals surface area (Å²) in [4.78, 5) is 14.0. The number of hydrogen-bond acceptors (Lipinski definition) is 6. The van der Waals surface area contributed by atoms with Gasteiger partial charge in [-0.2, -0.15) is 5.10 Å². The monoisotopic (exact) mass is 416 g/mol. The lowest BCUT2D eigenvalue weighted by atomic mass is 10.0. The van der Waals surface area contributed by atoms with Crippen LogP contribution in [-0.4, -0.2) is 59.4 Å². The Labute approximate surface area is 173 Å². The number of amides is 1. The summed E-state index contributed by atoms with van der Waals surface area (Å²) in [5.41, 5.74) is 1.53. The van der Waals surface area contributed by atoms with Crippen LogP contribution in [0.5, 0.6) is 5.75 Å². The highest BCUT2D eigenvalue weighted by Gasteiger charge is 2.29. The predicted molar refractivity (Wildman–Crippen MR) is 107 cm³/mol. The van der Waals surface area contributed by atoms with Crippen LogP contribution in [0.25, 0.3) is 16.8 Å². The van der Waals surface area contributed by atoms with E-state index in [-0.39, 0.29) is 23.4 Å². The molecule has 4 heterocycles. The van der Waals surface area contributed by atoms with E-state index in [4.69, 9.17) is 4.74 Å². The number of fused-ring (bicyclic) bond motifs is 1. The molecule has 0 unspecified atom stereocenters. The fourth-order valence-electron chi connectivity index (χ4n) is 3.77. The highest BCUT2D eigenvalue weighted by Crippen LogP contribution is 2.31. The molecule has 0 spiro atoms. The quantitative estimate of drug-likeness (QED) is 0.688. The number of piperidine rings is 1. The summed E-state index contributed by atoms with van der Waals surface area (Å²) in [7, 11) is 0. The third-order valence-corrected chi connectivity index (χ3v) is 5.21. The van der Waals surface area contributed by atoms with Crippen LogP contribution in [-0.2, 0) is 4.74 Å². The van der Waals surface area contributed by atoms with Gasteiger partial charge in [-0.25, -0.2) is 18.4 Å². The lowest BCUT2D eigenvalue weighted by Gasteiger charge is -2.33. The first-order valence-corrected chi connectivity index (χ1v) is 9.90. The van der Waals surface area contributed by atoms with Gasteiger partial charge in [0.1, 0.15) is 22.6 Å². The van der Waals surface area contributed by atoms with E-state index in [1.165, 1.54) is 10.6 Å². The van der Waals surface area contributed by atoms with Crippen molar-refractivity contribution in [2.24, 2.45) is 0 Å². The van der Waals surface area contributed by atoms with Gasteiger partial charge in [0.05, 0.1) is 17.9 Å². The minimum atomic E-state index is -0.587. The first-order chi connectivity index (χ1) is 14.1. The lowest BCUT2D eigenvalue weighted by Crippen LogP contribution is -2.42. The van der Waals surface area contributed by atoms with Gasteiger partial charge in [-0.1, -0.05) is 5.21 Å². The summed E-state index contributed by atoms with van der Waals surface area (Å²) in [6, 6.07) is 1.57. The Bertz CT molecular complexity index is 1090. The molecule has 0 atom stereocenters. The van der Waals surface area contributed by atoms with E-state index in [2.05, 4.69) is 15.4 Å². The maximum absolute atomic E-state index is 13.7.